The van der Waals surface area contributed by atoms with Gasteiger partial charge >= 0.3 is 12.1 Å². The van der Waals surface area contributed by atoms with Crippen LogP contribution in [-0.4, -0.2) is 40.3 Å². The van der Waals surface area contributed by atoms with Crippen molar-refractivity contribution in [1.29, 1.82) is 0 Å². The number of allylic oxidation sites excluding steroid dienone is 1. The van der Waals surface area contributed by atoms with Crippen LogP contribution in [0.1, 0.15) is 31.4 Å². The van der Waals surface area contributed by atoms with Gasteiger partial charge in [0.05, 0.1) is 24.0 Å². The minimum absolute atomic E-state index is 0.0978. The molecule has 0 aromatic carbocycles. The van der Waals surface area contributed by atoms with Crippen molar-refractivity contribution >= 4 is 17.9 Å². The lowest BCUT2D eigenvalue weighted by molar-refractivity contribution is -0.142. The molecule has 0 bridgehead atoms. The van der Waals surface area contributed by atoms with Gasteiger partial charge in [0.2, 0.25) is 0 Å². The average Bonchev–Trinajstić information content (AvgIpc) is 2.51. The number of nitrogens with zero attached hydrogens (tertiary/aromatic N) is 3. The van der Waals surface area contributed by atoms with Crippen LogP contribution in [0, 0.1) is 5.92 Å². The van der Waals surface area contributed by atoms with E-state index in [1.807, 2.05) is 4.90 Å². The Kier molecular flexibility index (Phi) is 5.57. The van der Waals surface area contributed by atoms with Gasteiger partial charge < -0.3 is 10.0 Å². The largest absolute Gasteiger partial charge is 0.481 e. The van der Waals surface area contributed by atoms with Gasteiger partial charge in [0.15, 0.2) is 0 Å². The van der Waals surface area contributed by atoms with Crippen molar-refractivity contribution in [1.82, 2.24) is 9.97 Å². The fourth-order valence-corrected chi connectivity index (χ4v) is 2.41. The number of carbonyl (C=O) groups is 1. The molecule has 0 saturated carbocycles. The minimum atomic E-state index is -4.16. The molecular weight excluding hydrogens is 311 g/mol. The number of anilines is 1. The van der Waals surface area contributed by atoms with Crippen LogP contribution in [0.2, 0.25) is 0 Å². The standard InChI is InChI=1S/C15H18F3N3O2/c16-15(17,18)6-2-1-3-12-9-19-10-13(20-12)21-7-4-11(5-8-21)14(22)23/h1,3,9-11H,2,4-8H2,(H,22,23)/b3-1+. The summed E-state index contributed by atoms with van der Waals surface area (Å²) in [4.78, 5) is 21.3. The molecule has 23 heavy (non-hydrogen) atoms. The quantitative estimate of drug-likeness (QED) is 0.899. The van der Waals surface area contributed by atoms with E-state index in [0.717, 1.165) is 0 Å². The SMILES string of the molecule is O=C(O)C1CCN(c2cncc(/C=C/CCC(F)(F)F)n2)CC1. The molecule has 0 radical (unpaired) electrons. The zero-order chi connectivity index (χ0) is 16.9. The van der Waals surface area contributed by atoms with E-state index in [9.17, 15) is 18.0 Å². The Morgan fingerprint density at radius 2 is 2.04 bits per heavy atom. The lowest BCUT2D eigenvalue weighted by atomic mass is 9.97. The van der Waals surface area contributed by atoms with Gasteiger partial charge in [-0.05, 0) is 25.3 Å². The third kappa shape index (κ3) is 5.54. The molecule has 1 aromatic rings. The zero-order valence-corrected chi connectivity index (χ0v) is 12.5. The van der Waals surface area contributed by atoms with E-state index in [2.05, 4.69) is 9.97 Å². The number of hydrogen-bond donors (Lipinski definition) is 1. The molecule has 126 valence electrons. The van der Waals surface area contributed by atoms with Gasteiger partial charge in [-0.1, -0.05) is 6.08 Å². The van der Waals surface area contributed by atoms with E-state index < -0.39 is 18.6 Å². The number of carboxylic acid groups (broad SMARTS) is 1. The summed E-state index contributed by atoms with van der Waals surface area (Å²) in [5.74, 6) is -0.492. The summed E-state index contributed by atoms with van der Waals surface area (Å²) in [6.45, 7) is 1.15. The first kappa shape index (κ1) is 17.2. The molecule has 1 fully saturated rings. The molecule has 1 N–H and O–H groups in total. The summed E-state index contributed by atoms with van der Waals surface area (Å²) in [5, 5.41) is 8.98. The van der Waals surface area contributed by atoms with E-state index in [1.165, 1.54) is 18.3 Å². The van der Waals surface area contributed by atoms with Crippen molar-refractivity contribution in [2.75, 3.05) is 18.0 Å². The highest BCUT2D eigenvalue weighted by molar-refractivity contribution is 5.70. The number of aromatic nitrogens is 2. The number of rotatable bonds is 5. The first-order chi connectivity index (χ1) is 10.8. The Morgan fingerprint density at radius 3 is 2.65 bits per heavy atom. The smallest absolute Gasteiger partial charge is 0.389 e. The van der Waals surface area contributed by atoms with Crippen LogP contribution >= 0.6 is 0 Å². The molecule has 2 heterocycles. The monoisotopic (exact) mass is 329 g/mol. The first-order valence-corrected chi connectivity index (χ1v) is 7.38. The second-order valence-electron chi connectivity index (χ2n) is 5.46. The topological polar surface area (TPSA) is 66.3 Å². The van der Waals surface area contributed by atoms with Gasteiger partial charge in [-0.15, -0.1) is 0 Å². The van der Waals surface area contributed by atoms with Crippen LogP contribution in [0.5, 0.6) is 0 Å². The van der Waals surface area contributed by atoms with Gasteiger partial charge in [0.25, 0.3) is 0 Å². The second kappa shape index (κ2) is 7.43. The van der Waals surface area contributed by atoms with Crippen molar-refractivity contribution < 1.29 is 23.1 Å². The third-order valence-electron chi connectivity index (χ3n) is 3.69. The predicted molar refractivity (Wildman–Crippen MR) is 78.9 cm³/mol. The number of aliphatic carboxylic acids is 1. The highest BCUT2D eigenvalue weighted by atomic mass is 19.4. The van der Waals surface area contributed by atoms with E-state index in [4.69, 9.17) is 5.11 Å². The van der Waals surface area contributed by atoms with Crippen molar-refractivity contribution in [3.8, 4) is 0 Å². The zero-order valence-electron chi connectivity index (χ0n) is 12.5. The fraction of sp³-hybridized carbons (Fsp3) is 0.533. The number of hydrogen-bond acceptors (Lipinski definition) is 4. The summed E-state index contributed by atoms with van der Waals surface area (Å²) >= 11 is 0. The molecule has 5 nitrogen and oxygen atoms in total. The van der Waals surface area contributed by atoms with Gasteiger partial charge in [0.1, 0.15) is 5.82 Å². The van der Waals surface area contributed by atoms with Gasteiger partial charge in [0, 0.05) is 19.5 Å². The summed E-state index contributed by atoms with van der Waals surface area (Å²) in [5.41, 5.74) is 0.491. The van der Waals surface area contributed by atoms with E-state index in [-0.39, 0.29) is 12.3 Å². The maximum Gasteiger partial charge on any atom is 0.389 e. The van der Waals surface area contributed by atoms with Gasteiger partial charge in [-0.25, -0.2) is 4.98 Å². The molecule has 2 rings (SSSR count). The number of alkyl halides is 3. The van der Waals surface area contributed by atoms with E-state index in [1.54, 1.807) is 6.20 Å². The lowest BCUT2D eigenvalue weighted by Crippen LogP contribution is -2.36. The summed E-state index contributed by atoms with van der Waals surface area (Å²) < 4.78 is 36.2. The van der Waals surface area contributed by atoms with Crippen molar-refractivity contribution in [3.05, 3.63) is 24.2 Å². The number of halogens is 3. The summed E-state index contributed by atoms with van der Waals surface area (Å²) in [6, 6.07) is 0. The Morgan fingerprint density at radius 1 is 1.35 bits per heavy atom. The molecular formula is C15H18F3N3O2. The maximum atomic E-state index is 12.1. The Hall–Kier alpha value is -2.12. The molecule has 8 heteroatoms. The highest BCUT2D eigenvalue weighted by Gasteiger charge is 2.26. The van der Waals surface area contributed by atoms with Crippen molar-refractivity contribution in [3.63, 3.8) is 0 Å². The number of carboxylic acids is 1. The Balaban J connectivity index is 1.92. The van der Waals surface area contributed by atoms with Crippen LogP contribution in [-0.2, 0) is 4.79 Å². The molecule has 0 atom stereocenters. The van der Waals surface area contributed by atoms with Crippen LogP contribution in [0.3, 0.4) is 0 Å². The molecule has 0 amide bonds. The van der Waals surface area contributed by atoms with Crippen LogP contribution in [0.15, 0.2) is 18.5 Å². The number of piperidine rings is 1. The maximum absolute atomic E-state index is 12.1. The Bertz CT molecular complexity index is 567. The molecule has 0 aliphatic carbocycles. The Labute approximate surface area is 131 Å². The first-order valence-electron chi connectivity index (χ1n) is 7.38. The van der Waals surface area contributed by atoms with Crippen LogP contribution in [0.4, 0.5) is 19.0 Å². The summed E-state index contributed by atoms with van der Waals surface area (Å²) in [6.07, 6.45) is 1.98. The minimum Gasteiger partial charge on any atom is -0.481 e. The van der Waals surface area contributed by atoms with Crippen LogP contribution in [0.25, 0.3) is 6.08 Å². The van der Waals surface area contributed by atoms with Crippen molar-refractivity contribution in [2.45, 2.75) is 31.9 Å². The lowest BCUT2D eigenvalue weighted by Gasteiger charge is -2.30. The normalized spacial score (nSPS) is 16.9. The molecule has 1 aliphatic rings. The highest BCUT2D eigenvalue weighted by Crippen LogP contribution is 2.23. The predicted octanol–water partition coefficient (Wildman–Crippen LogP) is 3.13. The van der Waals surface area contributed by atoms with Gasteiger partial charge in [-0.3, -0.25) is 9.78 Å². The van der Waals surface area contributed by atoms with E-state index in [0.29, 0.717) is 37.4 Å². The molecule has 0 spiro atoms. The third-order valence-corrected chi connectivity index (χ3v) is 3.69. The van der Waals surface area contributed by atoms with E-state index >= 15 is 0 Å². The molecule has 1 saturated heterocycles. The van der Waals surface area contributed by atoms with Crippen molar-refractivity contribution in [2.24, 2.45) is 5.92 Å². The fourth-order valence-electron chi connectivity index (χ4n) is 2.41. The molecule has 0 unspecified atom stereocenters. The second-order valence-corrected chi connectivity index (χ2v) is 5.46. The molecule has 1 aromatic heterocycles. The molecule has 1 aliphatic heterocycles. The average molecular weight is 329 g/mol. The summed E-state index contributed by atoms with van der Waals surface area (Å²) in [7, 11) is 0. The van der Waals surface area contributed by atoms with Gasteiger partial charge in [-0.2, -0.15) is 13.2 Å². The van der Waals surface area contributed by atoms with Crippen LogP contribution < -0.4 is 4.90 Å².